The minimum Gasteiger partial charge on any atom is -0.497 e. The topological polar surface area (TPSA) is 106 Å². The summed E-state index contributed by atoms with van der Waals surface area (Å²) in [7, 11) is 1.57. The highest BCUT2D eigenvalue weighted by Gasteiger charge is 2.18. The molecular weight excluding hydrogens is 428 g/mol. The van der Waals surface area contributed by atoms with Gasteiger partial charge in [0.1, 0.15) is 5.75 Å². The van der Waals surface area contributed by atoms with Crippen LogP contribution in [0.1, 0.15) is 20.7 Å². The fourth-order valence-corrected chi connectivity index (χ4v) is 3.36. The summed E-state index contributed by atoms with van der Waals surface area (Å²) in [5, 5.41) is 7.26. The molecule has 7 nitrogen and oxygen atoms in total. The molecule has 0 spiro atoms. The van der Waals surface area contributed by atoms with Crippen molar-refractivity contribution in [2.45, 2.75) is 0 Å². The van der Waals surface area contributed by atoms with Crippen LogP contribution in [0, 0.1) is 0 Å². The molecule has 4 rings (SSSR count). The Hall–Kier alpha value is -4.10. The van der Waals surface area contributed by atoms with E-state index in [1.807, 2.05) is 18.2 Å². The molecular formula is C24H19ClN4O3. The summed E-state index contributed by atoms with van der Waals surface area (Å²) in [4.78, 5) is 29.3. The minimum absolute atomic E-state index is 0.289. The van der Waals surface area contributed by atoms with Crippen molar-refractivity contribution >= 4 is 51.4 Å². The first-order valence-corrected chi connectivity index (χ1v) is 10.0. The first kappa shape index (κ1) is 21.1. The largest absolute Gasteiger partial charge is 0.497 e. The summed E-state index contributed by atoms with van der Waals surface area (Å²) in [5.74, 6) is -0.301. The van der Waals surface area contributed by atoms with E-state index in [0.29, 0.717) is 44.3 Å². The van der Waals surface area contributed by atoms with Crippen LogP contribution in [0.4, 0.5) is 17.1 Å². The number of nitrogens with zero attached hydrogens (tertiary/aromatic N) is 1. The molecule has 0 aliphatic carbocycles. The summed E-state index contributed by atoms with van der Waals surface area (Å²) < 4.78 is 5.29. The van der Waals surface area contributed by atoms with E-state index in [2.05, 4.69) is 15.6 Å². The molecule has 0 saturated carbocycles. The molecule has 1 heterocycles. The van der Waals surface area contributed by atoms with E-state index in [-0.39, 0.29) is 11.5 Å². The zero-order valence-corrected chi connectivity index (χ0v) is 17.8. The normalized spacial score (nSPS) is 10.6. The van der Waals surface area contributed by atoms with E-state index in [1.165, 1.54) is 6.20 Å². The molecule has 0 aliphatic rings. The lowest BCUT2D eigenvalue weighted by molar-refractivity contribution is 0.0998. The van der Waals surface area contributed by atoms with Gasteiger partial charge < -0.3 is 21.1 Å². The van der Waals surface area contributed by atoms with Crippen molar-refractivity contribution < 1.29 is 14.3 Å². The zero-order valence-electron chi connectivity index (χ0n) is 17.1. The summed E-state index contributed by atoms with van der Waals surface area (Å²) in [5.41, 5.74) is 8.43. The van der Waals surface area contributed by atoms with Gasteiger partial charge in [0.05, 0.1) is 23.9 Å². The van der Waals surface area contributed by atoms with Crippen molar-refractivity contribution in [2.24, 2.45) is 5.73 Å². The van der Waals surface area contributed by atoms with Crippen LogP contribution < -0.4 is 21.1 Å². The number of methoxy groups -OCH3 is 1. The number of amides is 2. The Kier molecular flexibility index (Phi) is 5.91. The molecule has 0 unspecified atom stereocenters. The molecule has 8 heteroatoms. The monoisotopic (exact) mass is 446 g/mol. The smallest absolute Gasteiger partial charge is 0.259 e. The Bertz CT molecular complexity index is 1320. The number of carbonyl (C=O) groups is 2. The highest BCUT2D eigenvalue weighted by molar-refractivity contribution is 6.30. The van der Waals surface area contributed by atoms with Crippen molar-refractivity contribution in [1.82, 2.24) is 4.98 Å². The standard InChI is InChI=1S/C24H19ClN4O3/c1-32-18-4-2-3-17(12-18)28-22-19-11-14(23(26)30)5-10-21(19)27-13-20(22)24(31)29-16-8-6-15(25)7-9-16/h2-13H,1H3,(H2,26,30)(H,27,28)(H,29,31). The predicted molar refractivity (Wildman–Crippen MR) is 126 cm³/mol. The number of primary amides is 1. The van der Waals surface area contributed by atoms with E-state index in [1.54, 1.807) is 55.6 Å². The molecule has 4 N–H and O–H groups in total. The average Bonchev–Trinajstić information content (AvgIpc) is 2.80. The van der Waals surface area contributed by atoms with Crippen LogP contribution >= 0.6 is 11.6 Å². The second-order valence-electron chi connectivity index (χ2n) is 6.96. The van der Waals surface area contributed by atoms with Gasteiger partial charge in [-0.25, -0.2) is 0 Å². The summed E-state index contributed by atoms with van der Waals surface area (Å²) in [6.45, 7) is 0. The number of nitrogens with two attached hydrogens (primary N) is 1. The number of hydrogen-bond donors (Lipinski definition) is 3. The van der Waals surface area contributed by atoms with Crippen LogP contribution in [0.2, 0.25) is 5.02 Å². The molecule has 0 radical (unpaired) electrons. The Labute approximate surface area is 189 Å². The van der Waals surface area contributed by atoms with E-state index in [0.717, 1.165) is 0 Å². The number of carbonyl (C=O) groups excluding carboxylic acids is 2. The Morgan fingerprint density at radius 2 is 1.78 bits per heavy atom. The maximum Gasteiger partial charge on any atom is 0.259 e. The molecule has 1 aromatic heterocycles. The SMILES string of the molecule is COc1cccc(Nc2c(C(=O)Nc3ccc(Cl)cc3)cnc3ccc(C(N)=O)cc23)c1. The molecule has 2 amide bonds. The number of aromatic nitrogens is 1. The lowest BCUT2D eigenvalue weighted by Crippen LogP contribution is -2.15. The van der Waals surface area contributed by atoms with Gasteiger partial charge >= 0.3 is 0 Å². The molecule has 32 heavy (non-hydrogen) atoms. The number of pyridine rings is 1. The van der Waals surface area contributed by atoms with E-state index >= 15 is 0 Å². The molecule has 0 bridgehead atoms. The number of ether oxygens (including phenoxy) is 1. The van der Waals surface area contributed by atoms with Gasteiger partial charge in [-0.2, -0.15) is 0 Å². The maximum atomic E-state index is 13.2. The fourth-order valence-electron chi connectivity index (χ4n) is 3.23. The average molecular weight is 447 g/mol. The summed E-state index contributed by atoms with van der Waals surface area (Å²) in [6.07, 6.45) is 1.49. The molecule has 3 aromatic carbocycles. The van der Waals surface area contributed by atoms with Gasteiger partial charge in [-0.05, 0) is 54.6 Å². The van der Waals surface area contributed by atoms with Crippen LogP contribution in [0.15, 0.2) is 72.9 Å². The van der Waals surface area contributed by atoms with Crippen LogP contribution in [-0.2, 0) is 0 Å². The van der Waals surface area contributed by atoms with Crippen molar-refractivity contribution in [1.29, 1.82) is 0 Å². The first-order valence-electron chi connectivity index (χ1n) is 9.65. The second kappa shape index (κ2) is 8.95. The molecule has 160 valence electrons. The first-order chi connectivity index (χ1) is 15.4. The minimum atomic E-state index is -0.574. The van der Waals surface area contributed by atoms with Gasteiger partial charge in [0.15, 0.2) is 0 Å². The molecule has 0 atom stereocenters. The van der Waals surface area contributed by atoms with Gasteiger partial charge in [0, 0.05) is 39.6 Å². The Morgan fingerprint density at radius 1 is 1.00 bits per heavy atom. The van der Waals surface area contributed by atoms with E-state index in [4.69, 9.17) is 22.1 Å². The van der Waals surface area contributed by atoms with Crippen molar-refractivity contribution in [2.75, 3.05) is 17.7 Å². The Morgan fingerprint density at radius 3 is 2.50 bits per heavy atom. The highest BCUT2D eigenvalue weighted by Crippen LogP contribution is 2.31. The van der Waals surface area contributed by atoms with Crippen molar-refractivity contribution in [3.8, 4) is 5.75 Å². The predicted octanol–water partition coefficient (Wildman–Crippen LogP) is 4.99. The molecule has 4 aromatic rings. The number of benzene rings is 3. The lowest BCUT2D eigenvalue weighted by Gasteiger charge is -2.16. The van der Waals surface area contributed by atoms with Crippen LogP contribution in [0.5, 0.6) is 5.75 Å². The van der Waals surface area contributed by atoms with E-state index in [9.17, 15) is 9.59 Å². The maximum absolute atomic E-state index is 13.2. The molecule has 0 saturated heterocycles. The van der Waals surface area contributed by atoms with Crippen molar-refractivity contribution in [3.63, 3.8) is 0 Å². The lowest BCUT2D eigenvalue weighted by atomic mass is 10.0. The van der Waals surface area contributed by atoms with E-state index < -0.39 is 5.91 Å². The molecule has 0 aliphatic heterocycles. The van der Waals surface area contributed by atoms with Gasteiger partial charge in [-0.3, -0.25) is 14.6 Å². The third-order valence-electron chi connectivity index (χ3n) is 4.84. The number of hydrogen-bond acceptors (Lipinski definition) is 5. The zero-order chi connectivity index (χ0) is 22.7. The Balaban J connectivity index is 1.82. The number of fused-ring (bicyclic) bond motifs is 1. The van der Waals surface area contributed by atoms with Crippen molar-refractivity contribution in [3.05, 3.63) is 89.1 Å². The number of nitrogens with one attached hydrogen (secondary N) is 2. The summed E-state index contributed by atoms with van der Waals surface area (Å²) in [6, 6.07) is 19.0. The second-order valence-corrected chi connectivity index (χ2v) is 7.40. The quantitative estimate of drug-likeness (QED) is 0.386. The van der Waals surface area contributed by atoms with Crippen LogP contribution in [0.25, 0.3) is 10.9 Å². The third kappa shape index (κ3) is 4.48. The fraction of sp³-hybridized carbons (Fsp3) is 0.0417. The van der Waals surface area contributed by atoms with Gasteiger partial charge in [0.25, 0.3) is 5.91 Å². The number of rotatable bonds is 6. The highest BCUT2D eigenvalue weighted by atomic mass is 35.5. The van der Waals surface area contributed by atoms with Gasteiger partial charge in [0.2, 0.25) is 5.91 Å². The van der Waals surface area contributed by atoms with Crippen LogP contribution in [-0.4, -0.2) is 23.9 Å². The molecule has 0 fully saturated rings. The number of anilines is 3. The van der Waals surface area contributed by atoms with Crippen LogP contribution in [0.3, 0.4) is 0 Å². The van der Waals surface area contributed by atoms with Gasteiger partial charge in [-0.1, -0.05) is 17.7 Å². The number of halogens is 1. The summed E-state index contributed by atoms with van der Waals surface area (Å²) >= 11 is 5.93. The van der Waals surface area contributed by atoms with Gasteiger partial charge in [-0.15, -0.1) is 0 Å². The third-order valence-corrected chi connectivity index (χ3v) is 5.09.